The summed E-state index contributed by atoms with van der Waals surface area (Å²) >= 11 is 3.23. The third kappa shape index (κ3) is 2.10. The highest BCUT2D eigenvalue weighted by Gasteiger charge is 2.15. The average molecular weight is 332 g/mol. The number of carboxylic acids is 1. The van der Waals surface area contributed by atoms with Crippen molar-refractivity contribution in [3.8, 4) is 11.5 Å². The van der Waals surface area contributed by atoms with Crippen molar-refractivity contribution in [3.63, 3.8) is 0 Å². The number of carbonyl (C=O) groups is 1. The number of rotatable bonds is 2. The number of aromatic carboxylic acids is 1. The van der Waals surface area contributed by atoms with Crippen molar-refractivity contribution >= 4 is 32.8 Å². The van der Waals surface area contributed by atoms with Crippen LogP contribution in [-0.4, -0.2) is 16.1 Å². The van der Waals surface area contributed by atoms with E-state index in [1.54, 1.807) is 18.2 Å². The zero-order chi connectivity index (χ0) is 14.3. The minimum Gasteiger partial charge on any atom is -0.478 e. The van der Waals surface area contributed by atoms with Gasteiger partial charge in [0.2, 0.25) is 0 Å². The first kappa shape index (κ1) is 12.9. The number of pyridine rings is 1. The van der Waals surface area contributed by atoms with Crippen LogP contribution >= 0.6 is 15.9 Å². The van der Waals surface area contributed by atoms with Gasteiger partial charge in [0, 0.05) is 5.39 Å². The molecule has 4 nitrogen and oxygen atoms in total. The van der Waals surface area contributed by atoms with Crippen LogP contribution in [0.15, 0.2) is 45.5 Å². The standard InChI is InChI=1S/C15H10BrNO3/c1-8-3-2-4-9-10(15(18)19)7-11(17-14(8)9)12-5-6-13(16)20-12/h2-7H,1H3,(H,18,19). The highest BCUT2D eigenvalue weighted by atomic mass is 79.9. The molecule has 0 bridgehead atoms. The second-order valence-electron chi connectivity index (χ2n) is 4.44. The normalized spacial score (nSPS) is 10.9. The van der Waals surface area contributed by atoms with Crippen molar-refractivity contribution in [2.75, 3.05) is 0 Å². The molecule has 3 rings (SSSR count). The molecule has 0 aliphatic rings. The fourth-order valence-electron chi connectivity index (χ4n) is 2.15. The Morgan fingerprint density at radius 2 is 2.10 bits per heavy atom. The highest BCUT2D eigenvalue weighted by molar-refractivity contribution is 9.10. The maximum absolute atomic E-state index is 11.4. The van der Waals surface area contributed by atoms with Gasteiger partial charge in [-0.3, -0.25) is 0 Å². The van der Waals surface area contributed by atoms with E-state index in [0.717, 1.165) is 5.56 Å². The first-order chi connectivity index (χ1) is 9.56. The van der Waals surface area contributed by atoms with E-state index < -0.39 is 5.97 Å². The molecule has 0 radical (unpaired) electrons. The highest BCUT2D eigenvalue weighted by Crippen LogP contribution is 2.29. The van der Waals surface area contributed by atoms with Crippen molar-refractivity contribution in [1.82, 2.24) is 4.98 Å². The summed E-state index contributed by atoms with van der Waals surface area (Å²) in [4.78, 5) is 16.0. The van der Waals surface area contributed by atoms with E-state index in [4.69, 9.17) is 4.42 Å². The number of hydrogen-bond acceptors (Lipinski definition) is 3. The number of halogens is 1. The molecular formula is C15H10BrNO3. The topological polar surface area (TPSA) is 63.3 Å². The van der Waals surface area contributed by atoms with Crippen LogP contribution in [-0.2, 0) is 0 Å². The van der Waals surface area contributed by atoms with E-state index in [1.807, 2.05) is 19.1 Å². The molecule has 1 aromatic carbocycles. The lowest BCUT2D eigenvalue weighted by Gasteiger charge is -2.07. The molecule has 1 N–H and O–H groups in total. The Hall–Kier alpha value is -2.14. The lowest BCUT2D eigenvalue weighted by atomic mass is 10.0. The molecule has 2 heterocycles. The predicted octanol–water partition coefficient (Wildman–Crippen LogP) is 4.26. The van der Waals surface area contributed by atoms with Crippen molar-refractivity contribution in [2.24, 2.45) is 0 Å². The molecule has 5 heteroatoms. The quantitative estimate of drug-likeness (QED) is 0.761. The van der Waals surface area contributed by atoms with E-state index in [2.05, 4.69) is 20.9 Å². The molecule has 0 aliphatic carbocycles. The monoisotopic (exact) mass is 331 g/mol. The number of aromatic nitrogens is 1. The molecule has 0 spiro atoms. The van der Waals surface area contributed by atoms with Crippen LogP contribution in [0.25, 0.3) is 22.4 Å². The van der Waals surface area contributed by atoms with E-state index in [1.165, 1.54) is 6.07 Å². The van der Waals surface area contributed by atoms with Gasteiger partial charge in [-0.25, -0.2) is 9.78 Å². The van der Waals surface area contributed by atoms with Crippen LogP contribution in [0.1, 0.15) is 15.9 Å². The van der Waals surface area contributed by atoms with Crippen LogP contribution in [0, 0.1) is 6.92 Å². The smallest absolute Gasteiger partial charge is 0.336 e. The second-order valence-corrected chi connectivity index (χ2v) is 5.22. The van der Waals surface area contributed by atoms with Crippen molar-refractivity contribution < 1.29 is 14.3 Å². The Morgan fingerprint density at radius 1 is 1.30 bits per heavy atom. The zero-order valence-corrected chi connectivity index (χ0v) is 12.1. The minimum atomic E-state index is -0.977. The number of furan rings is 1. The molecular weight excluding hydrogens is 322 g/mol. The maximum atomic E-state index is 11.4. The lowest BCUT2D eigenvalue weighted by Crippen LogP contribution is -2.00. The molecule has 0 unspecified atom stereocenters. The molecule has 2 aromatic heterocycles. The summed E-state index contributed by atoms with van der Waals surface area (Å²) < 4.78 is 6.03. The van der Waals surface area contributed by atoms with Crippen molar-refractivity contribution in [1.29, 1.82) is 0 Å². The second kappa shape index (κ2) is 4.76. The van der Waals surface area contributed by atoms with E-state index >= 15 is 0 Å². The third-order valence-electron chi connectivity index (χ3n) is 3.10. The van der Waals surface area contributed by atoms with Crippen molar-refractivity contribution in [2.45, 2.75) is 6.92 Å². The fraction of sp³-hybridized carbons (Fsp3) is 0.0667. The first-order valence-electron chi connectivity index (χ1n) is 5.95. The molecule has 0 saturated carbocycles. The number of hydrogen-bond donors (Lipinski definition) is 1. The number of nitrogens with zero attached hydrogens (tertiary/aromatic N) is 1. The van der Waals surface area contributed by atoms with E-state index in [0.29, 0.717) is 27.0 Å². The fourth-order valence-corrected chi connectivity index (χ4v) is 2.45. The average Bonchev–Trinajstić information content (AvgIpc) is 2.85. The van der Waals surface area contributed by atoms with Gasteiger partial charge < -0.3 is 9.52 Å². The van der Waals surface area contributed by atoms with Crippen LogP contribution in [0.4, 0.5) is 0 Å². The van der Waals surface area contributed by atoms with Gasteiger partial charge in [-0.05, 0) is 46.6 Å². The Morgan fingerprint density at radius 3 is 2.75 bits per heavy atom. The number of para-hydroxylation sites is 1. The molecule has 0 amide bonds. The molecule has 100 valence electrons. The minimum absolute atomic E-state index is 0.223. The summed E-state index contributed by atoms with van der Waals surface area (Å²) in [6.07, 6.45) is 0. The van der Waals surface area contributed by atoms with Gasteiger partial charge in [-0.2, -0.15) is 0 Å². The molecule has 0 aliphatic heterocycles. The van der Waals surface area contributed by atoms with Crippen LogP contribution in [0.5, 0.6) is 0 Å². The summed E-state index contributed by atoms with van der Waals surface area (Å²) in [5.74, 6) is -0.445. The summed E-state index contributed by atoms with van der Waals surface area (Å²) in [6.45, 7) is 1.91. The molecule has 20 heavy (non-hydrogen) atoms. The van der Waals surface area contributed by atoms with E-state index in [9.17, 15) is 9.90 Å². The Balaban J connectivity index is 2.35. The molecule has 0 saturated heterocycles. The third-order valence-corrected chi connectivity index (χ3v) is 3.52. The van der Waals surface area contributed by atoms with Gasteiger partial charge in [0.1, 0.15) is 5.69 Å². The largest absolute Gasteiger partial charge is 0.478 e. The van der Waals surface area contributed by atoms with Gasteiger partial charge >= 0.3 is 5.97 Å². The van der Waals surface area contributed by atoms with E-state index in [-0.39, 0.29) is 5.56 Å². The van der Waals surface area contributed by atoms with Gasteiger partial charge in [-0.15, -0.1) is 0 Å². The van der Waals surface area contributed by atoms with Gasteiger partial charge in [0.15, 0.2) is 10.4 Å². The number of fused-ring (bicyclic) bond motifs is 1. The lowest BCUT2D eigenvalue weighted by molar-refractivity contribution is 0.0699. The van der Waals surface area contributed by atoms with Crippen LogP contribution in [0.2, 0.25) is 0 Å². The Bertz CT molecular complexity index is 823. The first-order valence-corrected chi connectivity index (χ1v) is 6.75. The van der Waals surface area contributed by atoms with Gasteiger partial charge in [0.05, 0.1) is 11.1 Å². The van der Waals surface area contributed by atoms with Gasteiger partial charge in [0.25, 0.3) is 0 Å². The summed E-state index contributed by atoms with van der Waals surface area (Å²) in [6, 6.07) is 10.5. The molecule has 0 fully saturated rings. The Labute approximate surface area is 123 Å². The number of carboxylic acid groups (broad SMARTS) is 1. The Kier molecular flexibility index (Phi) is 3.06. The van der Waals surface area contributed by atoms with Crippen LogP contribution in [0.3, 0.4) is 0 Å². The molecule has 0 atom stereocenters. The summed E-state index contributed by atoms with van der Waals surface area (Å²) in [5, 5.41) is 10.0. The SMILES string of the molecule is Cc1cccc2c(C(=O)O)cc(-c3ccc(Br)o3)nc12. The van der Waals surface area contributed by atoms with Gasteiger partial charge in [-0.1, -0.05) is 18.2 Å². The number of benzene rings is 1. The van der Waals surface area contributed by atoms with Crippen LogP contribution < -0.4 is 0 Å². The summed E-state index contributed by atoms with van der Waals surface area (Å²) in [5.41, 5.74) is 2.34. The maximum Gasteiger partial charge on any atom is 0.336 e. The molecule has 3 aromatic rings. The number of aryl methyl sites for hydroxylation is 1. The van der Waals surface area contributed by atoms with Crippen molar-refractivity contribution in [3.05, 3.63) is 52.2 Å². The predicted molar refractivity (Wildman–Crippen MR) is 78.8 cm³/mol. The zero-order valence-electron chi connectivity index (χ0n) is 10.6. The summed E-state index contributed by atoms with van der Waals surface area (Å²) in [7, 11) is 0.